The first kappa shape index (κ1) is 11.7. The average molecular weight is 245 g/mol. The molecule has 1 aromatic heterocycles. The van der Waals surface area contributed by atoms with Crippen molar-refractivity contribution in [3.05, 3.63) is 42.1 Å². The molecule has 0 atom stereocenters. The fourth-order valence-electron chi connectivity index (χ4n) is 1.39. The molecule has 2 rings (SSSR count). The number of carbonyl (C=O) groups is 1. The smallest absolute Gasteiger partial charge is 0.259 e. The summed E-state index contributed by atoms with van der Waals surface area (Å²) in [5.74, 6) is -0.561. The lowest BCUT2D eigenvalue weighted by atomic mass is 10.1. The van der Waals surface area contributed by atoms with Crippen molar-refractivity contribution in [1.82, 2.24) is 4.98 Å². The molecule has 0 fully saturated rings. The van der Waals surface area contributed by atoms with E-state index in [9.17, 15) is 9.90 Å². The fourth-order valence-corrected chi connectivity index (χ4v) is 1.39. The highest BCUT2D eigenvalue weighted by molar-refractivity contribution is 6.06. The predicted molar refractivity (Wildman–Crippen MR) is 66.4 cm³/mol. The molecule has 0 aliphatic heterocycles. The number of aromatic hydroxyl groups is 2. The maximum Gasteiger partial charge on any atom is 0.259 e. The first-order valence-corrected chi connectivity index (χ1v) is 5.11. The molecule has 0 saturated carbocycles. The van der Waals surface area contributed by atoms with Crippen LogP contribution in [0.25, 0.3) is 0 Å². The molecule has 0 unspecified atom stereocenters. The number of hydrogen-bond donors (Lipinski definition) is 4. The van der Waals surface area contributed by atoms with Gasteiger partial charge in [0.15, 0.2) is 0 Å². The van der Waals surface area contributed by atoms with Crippen molar-refractivity contribution in [2.24, 2.45) is 0 Å². The lowest BCUT2D eigenvalue weighted by molar-refractivity contribution is 0.102. The van der Waals surface area contributed by atoms with Gasteiger partial charge in [-0.2, -0.15) is 0 Å². The normalized spacial score (nSPS) is 10.0. The summed E-state index contributed by atoms with van der Waals surface area (Å²) < 4.78 is 0. The SMILES string of the molecule is Nc1ccc(NC(=O)c2ccc(O)cc2O)cn1. The number of phenols is 2. The molecule has 0 spiro atoms. The number of anilines is 2. The lowest BCUT2D eigenvalue weighted by Gasteiger charge is -2.06. The van der Waals surface area contributed by atoms with Crippen LogP contribution in [0, 0.1) is 0 Å². The molecule has 6 nitrogen and oxygen atoms in total. The Morgan fingerprint density at radius 2 is 2.00 bits per heavy atom. The highest BCUT2D eigenvalue weighted by Gasteiger charge is 2.11. The van der Waals surface area contributed by atoms with E-state index in [1.54, 1.807) is 12.1 Å². The highest BCUT2D eigenvalue weighted by atomic mass is 16.3. The van der Waals surface area contributed by atoms with Crippen LogP contribution >= 0.6 is 0 Å². The summed E-state index contributed by atoms with van der Waals surface area (Å²) in [5, 5.41) is 21.2. The van der Waals surface area contributed by atoms with Crippen LogP contribution in [0.1, 0.15) is 10.4 Å². The number of nitrogens with one attached hydrogen (secondary N) is 1. The molecule has 0 aliphatic rings. The molecule has 2 aromatic rings. The quantitative estimate of drug-likeness (QED) is 0.638. The summed E-state index contributed by atoms with van der Waals surface area (Å²) in [6, 6.07) is 6.88. The molecular weight excluding hydrogens is 234 g/mol. The van der Waals surface area contributed by atoms with Gasteiger partial charge in [0.25, 0.3) is 5.91 Å². The van der Waals surface area contributed by atoms with Gasteiger partial charge in [0.05, 0.1) is 17.4 Å². The van der Waals surface area contributed by atoms with Gasteiger partial charge in [-0.25, -0.2) is 4.98 Å². The van der Waals surface area contributed by atoms with E-state index in [2.05, 4.69) is 10.3 Å². The number of carbonyl (C=O) groups excluding carboxylic acids is 1. The van der Waals surface area contributed by atoms with E-state index in [1.165, 1.54) is 18.3 Å². The van der Waals surface area contributed by atoms with Crippen molar-refractivity contribution in [2.75, 3.05) is 11.1 Å². The summed E-state index contributed by atoms with van der Waals surface area (Å²) in [6.07, 6.45) is 1.41. The maximum absolute atomic E-state index is 11.8. The van der Waals surface area contributed by atoms with Crippen molar-refractivity contribution < 1.29 is 15.0 Å². The zero-order chi connectivity index (χ0) is 13.1. The van der Waals surface area contributed by atoms with Crippen LogP contribution in [-0.2, 0) is 0 Å². The van der Waals surface area contributed by atoms with Crippen molar-refractivity contribution >= 4 is 17.4 Å². The zero-order valence-corrected chi connectivity index (χ0v) is 9.29. The average Bonchev–Trinajstić information content (AvgIpc) is 2.32. The standard InChI is InChI=1S/C12H11N3O3/c13-11-4-1-7(6-14-11)15-12(18)9-3-2-8(16)5-10(9)17/h1-6,16-17H,(H2,13,14)(H,15,18). The van der Waals surface area contributed by atoms with Crippen molar-refractivity contribution in [2.45, 2.75) is 0 Å². The van der Waals surface area contributed by atoms with Gasteiger partial charge in [-0.05, 0) is 24.3 Å². The third-order valence-electron chi connectivity index (χ3n) is 2.27. The van der Waals surface area contributed by atoms with Gasteiger partial charge in [-0.1, -0.05) is 0 Å². The second-order valence-electron chi connectivity index (χ2n) is 3.63. The molecule has 1 heterocycles. The van der Waals surface area contributed by atoms with E-state index < -0.39 is 5.91 Å². The van der Waals surface area contributed by atoms with E-state index in [0.29, 0.717) is 11.5 Å². The number of nitrogens with two attached hydrogens (primary N) is 1. The number of amides is 1. The Labute approximate surface area is 103 Å². The first-order chi connectivity index (χ1) is 8.56. The molecule has 0 bridgehead atoms. The number of phenolic OH excluding ortho intramolecular Hbond substituents is 2. The van der Waals surface area contributed by atoms with Gasteiger partial charge in [0.2, 0.25) is 0 Å². The predicted octanol–water partition coefficient (Wildman–Crippen LogP) is 1.33. The summed E-state index contributed by atoms with van der Waals surface area (Å²) >= 11 is 0. The molecule has 6 heteroatoms. The van der Waals surface area contributed by atoms with Crippen LogP contribution in [0.3, 0.4) is 0 Å². The summed E-state index contributed by atoms with van der Waals surface area (Å²) in [5.41, 5.74) is 5.94. The molecule has 1 aromatic carbocycles. The van der Waals surface area contributed by atoms with Gasteiger partial charge in [0.1, 0.15) is 17.3 Å². The zero-order valence-electron chi connectivity index (χ0n) is 9.29. The summed E-state index contributed by atoms with van der Waals surface area (Å²) in [6.45, 7) is 0. The first-order valence-electron chi connectivity index (χ1n) is 5.11. The Morgan fingerprint density at radius 1 is 1.22 bits per heavy atom. The van der Waals surface area contributed by atoms with E-state index in [1.807, 2.05) is 0 Å². The minimum atomic E-state index is -0.501. The third-order valence-corrected chi connectivity index (χ3v) is 2.27. The summed E-state index contributed by atoms with van der Waals surface area (Å²) in [7, 11) is 0. The monoisotopic (exact) mass is 245 g/mol. The van der Waals surface area contributed by atoms with E-state index in [-0.39, 0.29) is 17.1 Å². The van der Waals surface area contributed by atoms with Gasteiger partial charge < -0.3 is 21.3 Å². The minimum absolute atomic E-state index is 0.0598. The van der Waals surface area contributed by atoms with Crippen LogP contribution in [0.15, 0.2) is 36.5 Å². The van der Waals surface area contributed by atoms with E-state index >= 15 is 0 Å². The van der Waals surface area contributed by atoms with E-state index in [4.69, 9.17) is 10.8 Å². The molecule has 5 N–H and O–H groups in total. The van der Waals surface area contributed by atoms with Gasteiger partial charge in [-0.15, -0.1) is 0 Å². The van der Waals surface area contributed by atoms with Crippen molar-refractivity contribution in [1.29, 1.82) is 0 Å². The van der Waals surface area contributed by atoms with Crippen LogP contribution < -0.4 is 11.1 Å². The topological polar surface area (TPSA) is 108 Å². The fraction of sp³-hybridized carbons (Fsp3) is 0. The van der Waals surface area contributed by atoms with Crippen molar-refractivity contribution in [3.8, 4) is 11.5 Å². The van der Waals surface area contributed by atoms with Crippen molar-refractivity contribution in [3.63, 3.8) is 0 Å². The number of pyridine rings is 1. The third kappa shape index (κ3) is 2.49. The molecule has 0 aliphatic carbocycles. The molecule has 18 heavy (non-hydrogen) atoms. The Morgan fingerprint density at radius 3 is 2.61 bits per heavy atom. The Bertz CT molecular complexity index is 582. The number of aromatic nitrogens is 1. The highest BCUT2D eigenvalue weighted by Crippen LogP contribution is 2.23. The van der Waals surface area contributed by atoms with Gasteiger partial charge in [-0.3, -0.25) is 4.79 Å². The lowest BCUT2D eigenvalue weighted by Crippen LogP contribution is -2.12. The Balaban J connectivity index is 2.19. The Kier molecular flexibility index (Phi) is 3.01. The largest absolute Gasteiger partial charge is 0.508 e. The van der Waals surface area contributed by atoms with E-state index in [0.717, 1.165) is 6.07 Å². The minimum Gasteiger partial charge on any atom is -0.508 e. The van der Waals surface area contributed by atoms with Crippen LogP contribution in [-0.4, -0.2) is 21.1 Å². The molecule has 92 valence electrons. The Hall–Kier alpha value is -2.76. The van der Waals surface area contributed by atoms with Crippen LogP contribution in [0.5, 0.6) is 11.5 Å². The number of hydrogen-bond acceptors (Lipinski definition) is 5. The molecule has 1 amide bonds. The van der Waals surface area contributed by atoms with Crippen LogP contribution in [0.4, 0.5) is 11.5 Å². The summed E-state index contributed by atoms with van der Waals surface area (Å²) in [4.78, 5) is 15.6. The van der Waals surface area contributed by atoms with Gasteiger partial charge in [0, 0.05) is 6.07 Å². The maximum atomic E-state index is 11.8. The molecule has 0 saturated heterocycles. The van der Waals surface area contributed by atoms with Gasteiger partial charge >= 0.3 is 0 Å². The number of rotatable bonds is 2. The molecular formula is C12H11N3O3. The second-order valence-corrected chi connectivity index (χ2v) is 3.63. The number of nitrogens with zero attached hydrogens (tertiary/aromatic N) is 1. The number of nitrogen functional groups attached to an aromatic ring is 1. The second kappa shape index (κ2) is 4.62. The number of benzene rings is 1. The molecule has 0 radical (unpaired) electrons. The van der Waals surface area contributed by atoms with Crippen LogP contribution in [0.2, 0.25) is 0 Å².